The molecule has 1 rings (SSSR count). The van der Waals surface area contributed by atoms with Crippen molar-refractivity contribution in [2.75, 3.05) is 68.0 Å². The van der Waals surface area contributed by atoms with E-state index in [1.807, 2.05) is 0 Å². The number of cyclic esters (lactones) is 2. The van der Waals surface area contributed by atoms with Gasteiger partial charge in [-0.15, -0.1) is 0 Å². The summed E-state index contributed by atoms with van der Waals surface area (Å²) in [6.07, 6.45) is -0.532. The van der Waals surface area contributed by atoms with Crippen molar-refractivity contribution in [2.24, 2.45) is 16.2 Å². The smallest absolute Gasteiger partial charge is 0.434 e. The summed E-state index contributed by atoms with van der Waals surface area (Å²) < 4.78 is 13.1. The average Bonchev–Trinajstić information content (AvgIpc) is 2.80. The van der Waals surface area contributed by atoms with Crippen LogP contribution in [0.1, 0.15) is 0 Å². The van der Waals surface area contributed by atoms with Crippen LogP contribution in [0.15, 0.2) is 0 Å². The summed E-state index contributed by atoms with van der Waals surface area (Å²) in [6, 6.07) is 0. The molecule has 0 atom stereocenters. The molecule has 1 aliphatic heterocycles. The van der Waals surface area contributed by atoms with Gasteiger partial charge in [-0.1, -0.05) is 122 Å². The summed E-state index contributed by atoms with van der Waals surface area (Å²) in [6.45, 7) is 1.15. The molecule has 0 unspecified atom stereocenters. The van der Waals surface area contributed by atoms with E-state index < -0.39 is 6.16 Å². The molecule has 13 heteroatoms. The first-order chi connectivity index (χ1) is 13.7. The molecule has 176 valence electrons. The van der Waals surface area contributed by atoms with Crippen LogP contribution in [0.25, 0.3) is 0 Å². The molecule has 29 heavy (non-hydrogen) atoms. The number of carbonyl (C=O) groups excluding carboxylic acids is 1. The highest BCUT2D eigenvalue weighted by Gasteiger charge is 2.35. The second-order valence-electron chi connectivity index (χ2n) is 6.76. The molecule has 0 aromatic carbocycles. The zero-order valence-electron chi connectivity index (χ0n) is 15.8. The zero-order chi connectivity index (χ0) is 23.0. The lowest BCUT2D eigenvalue weighted by Crippen LogP contribution is -2.41. The van der Waals surface area contributed by atoms with E-state index in [0.29, 0.717) is 23.9 Å². The van der Waals surface area contributed by atoms with Crippen molar-refractivity contribution in [3.63, 3.8) is 0 Å². The summed E-state index contributed by atoms with van der Waals surface area (Å²) >= 11 is 15.3. The third-order valence-electron chi connectivity index (χ3n) is 4.03. The maximum Gasteiger partial charge on any atom is 0.508 e. The van der Waals surface area contributed by atoms with Crippen LogP contribution in [0.2, 0.25) is 0 Å². The Hall–Kier alpha value is 2.99. The Morgan fingerprint density at radius 3 is 1.28 bits per heavy atom. The first-order valence-corrected chi connectivity index (χ1v) is 16.6. The van der Waals surface area contributed by atoms with Crippen LogP contribution in [0.5, 0.6) is 0 Å². The van der Waals surface area contributed by atoms with Gasteiger partial charge in [-0.2, -0.15) is 0 Å². The number of halogens is 6. The van der Waals surface area contributed by atoms with Gasteiger partial charge in [-0.3, -0.25) is 0 Å². The molecule has 1 fully saturated rings. The van der Waals surface area contributed by atoms with Gasteiger partial charge in [0.2, 0.25) is 0 Å². The zero-order valence-corrected chi connectivity index (χ0v) is 27.6. The first-order valence-electron chi connectivity index (χ1n) is 8.30. The van der Waals surface area contributed by atoms with E-state index in [9.17, 15) is 4.79 Å². The molecule has 1 aliphatic rings. The van der Waals surface area contributed by atoms with E-state index in [0.717, 1.165) is 17.7 Å². The highest BCUT2D eigenvalue weighted by atomic mass is 127. The standard InChI is InChI=1S/C6H8I2O3.C5H10Br2O2.C5H10I2O2/c7-1-6(2-8)3-10-5(9)11-4-6;2*6-1-5(2-7,3-8)4-9/h1-4H2;2*8-9H,1-4H2. The summed E-state index contributed by atoms with van der Waals surface area (Å²) in [5.74, 6) is 0. The Labute approximate surface area is 244 Å². The summed E-state index contributed by atoms with van der Waals surface area (Å²) in [5.41, 5.74) is -0.587. The van der Waals surface area contributed by atoms with Crippen molar-refractivity contribution in [1.29, 1.82) is 0 Å². The highest BCUT2D eigenvalue weighted by molar-refractivity contribution is 14.1. The third-order valence-corrected chi connectivity index (χ3v) is 12.9. The Balaban J connectivity index is 0. The largest absolute Gasteiger partial charge is 0.508 e. The Morgan fingerprint density at radius 1 is 0.793 bits per heavy atom. The fraction of sp³-hybridized carbons (Fsp3) is 0.938. The molecule has 0 aliphatic carbocycles. The Morgan fingerprint density at radius 2 is 1.14 bits per heavy atom. The van der Waals surface area contributed by atoms with E-state index in [4.69, 9.17) is 29.9 Å². The SMILES string of the molecule is O=C1OCC(CI)(CI)CO1.OCC(CO)(CBr)CBr.OCC(CO)(CI)CI. The topological polar surface area (TPSA) is 116 Å². The van der Waals surface area contributed by atoms with Crippen LogP contribution in [0, 0.1) is 16.2 Å². The summed E-state index contributed by atoms with van der Waals surface area (Å²) in [7, 11) is 0. The molecule has 0 bridgehead atoms. The fourth-order valence-corrected chi connectivity index (χ4v) is 7.83. The van der Waals surface area contributed by atoms with E-state index in [-0.39, 0.29) is 42.7 Å². The molecule has 0 amide bonds. The van der Waals surface area contributed by atoms with Gasteiger partial charge in [0.15, 0.2) is 0 Å². The maximum atomic E-state index is 10.5. The van der Waals surface area contributed by atoms with E-state index >= 15 is 0 Å². The molecule has 4 N–H and O–H groups in total. The number of hydrogen-bond donors (Lipinski definition) is 4. The van der Waals surface area contributed by atoms with Gasteiger partial charge in [0.25, 0.3) is 0 Å². The Bertz CT molecular complexity index is 357. The molecule has 1 heterocycles. The lowest BCUT2D eigenvalue weighted by atomic mass is 9.96. The van der Waals surface area contributed by atoms with Crippen LogP contribution < -0.4 is 0 Å². The van der Waals surface area contributed by atoms with Gasteiger partial charge < -0.3 is 29.9 Å². The van der Waals surface area contributed by atoms with E-state index in [1.165, 1.54) is 0 Å². The molecule has 0 aromatic rings. The number of alkyl halides is 6. The number of hydrogen-bond acceptors (Lipinski definition) is 7. The minimum Gasteiger partial charge on any atom is -0.434 e. The van der Waals surface area contributed by atoms with E-state index in [2.05, 4.69) is 122 Å². The van der Waals surface area contributed by atoms with Gasteiger partial charge in [-0.05, 0) is 0 Å². The van der Waals surface area contributed by atoms with Gasteiger partial charge >= 0.3 is 6.16 Å². The van der Waals surface area contributed by atoms with Gasteiger partial charge in [0.05, 0.1) is 31.8 Å². The second-order valence-corrected chi connectivity index (χ2v) is 10.9. The molecule has 0 aromatic heterocycles. The van der Waals surface area contributed by atoms with Gasteiger partial charge in [-0.25, -0.2) is 4.79 Å². The van der Waals surface area contributed by atoms with Crippen molar-refractivity contribution in [3.05, 3.63) is 0 Å². The first kappa shape index (κ1) is 34.2. The summed E-state index contributed by atoms with van der Waals surface area (Å²) in [5, 5.41) is 36.3. The summed E-state index contributed by atoms with van der Waals surface area (Å²) in [4.78, 5) is 10.5. The van der Waals surface area contributed by atoms with Crippen LogP contribution in [-0.2, 0) is 9.47 Å². The number of aliphatic hydroxyl groups excluding tert-OH is 4. The molecular weight excluding hydrogens is 972 g/mol. The van der Waals surface area contributed by atoms with Crippen molar-refractivity contribution < 1.29 is 34.7 Å². The normalized spacial score (nSPS) is 15.9. The minimum atomic E-state index is -0.532. The van der Waals surface area contributed by atoms with Crippen molar-refractivity contribution in [2.45, 2.75) is 0 Å². The molecular formula is C16H28Br2I4O7. The van der Waals surface area contributed by atoms with Crippen LogP contribution in [-0.4, -0.2) is 94.6 Å². The fourth-order valence-electron chi connectivity index (χ4n) is 1.21. The van der Waals surface area contributed by atoms with Crippen LogP contribution in [0.3, 0.4) is 0 Å². The predicted octanol–water partition coefficient (Wildman–Crippen LogP) is 3.58. The van der Waals surface area contributed by atoms with Crippen LogP contribution >= 0.6 is 122 Å². The average molecular weight is 1000 g/mol. The van der Waals surface area contributed by atoms with Crippen LogP contribution in [0.4, 0.5) is 4.79 Å². The van der Waals surface area contributed by atoms with Gasteiger partial charge in [0.1, 0.15) is 13.2 Å². The lowest BCUT2D eigenvalue weighted by molar-refractivity contribution is -0.0384. The predicted molar refractivity (Wildman–Crippen MR) is 156 cm³/mol. The molecule has 7 nitrogen and oxygen atoms in total. The number of aliphatic hydroxyl groups is 4. The lowest BCUT2D eigenvalue weighted by Gasteiger charge is -2.32. The Kier molecular flexibility index (Phi) is 22.7. The molecule has 0 radical (unpaired) electrons. The minimum absolute atomic E-state index is 0. The quantitative estimate of drug-likeness (QED) is 0.151. The highest BCUT2D eigenvalue weighted by Crippen LogP contribution is 2.28. The third kappa shape index (κ3) is 12.9. The molecule has 0 spiro atoms. The van der Waals surface area contributed by atoms with E-state index in [1.54, 1.807) is 0 Å². The molecule has 0 saturated carbocycles. The van der Waals surface area contributed by atoms with Gasteiger partial charge in [0, 0.05) is 39.2 Å². The number of ether oxygens (including phenoxy) is 2. The maximum absolute atomic E-state index is 10.5. The van der Waals surface area contributed by atoms with Crippen molar-refractivity contribution >= 4 is 128 Å². The van der Waals surface area contributed by atoms with Crippen molar-refractivity contribution in [1.82, 2.24) is 0 Å². The monoisotopic (exact) mass is 998 g/mol. The molecule has 1 saturated heterocycles. The second kappa shape index (κ2) is 19.3. The van der Waals surface area contributed by atoms with Crippen molar-refractivity contribution in [3.8, 4) is 0 Å². The number of carbonyl (C=O) groups is 1. The number of rotatable bonds is 10.